The maximum Gasteiger partial charge on any atom is 0.323 e. The first-order valence-electron chi connectivity index (χ1n) is 7.92. The average molecular weight is 450 g/mol. The molecule has 0 fully saturated rings. The van der Waals surface area contributed by atoms with Gasteiger partial charge in [-0.2, -0.15) is 5.10 Å². The van der Waals surface area contributed by atoms with E-state index in [-0.39, 0.29) is 29.4 Å². The average Bonchev–Trinajstić information content (AvgIpc) is 2.63. The van der Waals surface area contributed by atoms with Gasteiger partial charge in [-0.05, 0) is 29.8 Å². The van der Waals surface area contributed by atoms with Gasteiger partial charge in [0.25, 0.3) is 0 Å². The lowest BCUT2D eigenvalue weighted by Crippen LogP contribution is -2.19. The monoisotopic (exact) mass is 449 g/mol. The van der Waals surface area contributed by atoms with E-state index in [1.165, 1.54) is 26.2 Å². The molecule has 9 nitrogen and oxygen atoms in total. The van der Waals surface area contributed by atoms with Crippen LogP contribution < -0.4 is 14.9 Å². The quantitative estimate of drug-likeness (QED) is 0.228. The van der Waals surface area contributed by atoms with Crippen LogP contribution in [0.15, 0.2) is 46.0 Å². The molecule has 0 bridgehead atoms. The summed E-state index contributed by atoms with van der Waals surface area (Å²) in [7, 11) is 1.22. The topological polar surface area (TPSA) is 120 Å². The van der Waals surface area contributed by atoms with Crippen LogP contribution in [0, 0.1) is 10.1 Å². The van der Waals surface area contributed by atoms with Gasteiger partial charge in [0, 0.05) is 11.4 Å². The van der Waals surface area contributed by atoms with E-state index >= 15 is 0 Å². The second-order valence-corrected chi connectivity index (χ2v) is 6.40. The summed E-state index contributed by atoms with van der Waals surface area (Å²) >= 11 is 3.31. The van der Waals surface area contributed by atoms with Crippen LogP contribution in [0.5, 0.6) is 11.5 Å². The number of carbonyl (C=O) groups excluding carboxylic acids is 2. The SMILES string of the molecule is COc1c(OC(C)=O)ccc(/C=N\NC(=O)Cc2ccc(Br)cc2)c1[N+](=O)[O-]. The van der Waals surface area contributed by atoms with Crippen molar-refractivity contribution >= 4 is 39.7 Å². The van der Waals surface area contributed by atoms with Gasteiger partial charge in [0.15, 0.2) is 5.75 Å². The number of methoxy groups -OCH3 is 1. The van der Waals surface area contributed by atoms with Crippen LogP contribution in [0.2, 0.25) is 0 Å². The highest BCUT2D eigenvalue weighted by Crippen LogP contribution is 2.39. The molecule has 0 saturated heterocycles. The summed E-state index contributed by atoms with van der Waals surface area (Å²) in [6, 6.07) is 9.88. The number of benzene rings is 2. The molecule has 1 N–H and O–H groups in total. The molecule has 10 heteroatoms. The Morgan fingerprint density at radius 1 is 1.25 bits per heavy atom. The highest BCUT2D eigenvalue weighted by molar-refractivity contribution is 9.10. The Morgan fingerprint density at radius 2 is 1.93 bits per heavy atom. The third-order valence-electron chi connectivity index (χ3n) is 3.44. The Labute approximate surface area is 168 Å². The van der Waals surface area contributed by atoms with Crippen LogP contribution >= 0.6 is 15.9 Å². The van der Waals surface area contributed by atoms with Crippen molar-refractivity contribution in [1.82, 2.24) is 5.43 Å². The molecule has 0 aliphatic carbocycles. The molecular formula is C18H16BrN3O6. The Balaban J connectivity index is 2.17. The number of rotatable bonds is 7. The number of nitro groups is 1. The van der Waals surface area contributed by atoms with Crippen LogP contribution in [-0.2, 0) is 16.0 Å². The Kier molecular flexibility index (Phi) is 7.21. The summed E-state index contributed by atoms with van der Waals surface area (Å²) in [6.07, 6.45) is 1.22. The molecule has 0 spiro atoms. The summed E-state index contributed by atoms with van der Waals surface area (Å²) in [5, 5.41) is 15.2. The van der Waals surface area contributed by atoms with Gasteiger partial charge in [-0.15, -0.1) is 0 Å². The fraction of sp³-hybridized carbons (Fsp3) is 0.167. The summed E-state index contributed by atoms with van der Waals surface area (Å²) < 4.78 is 10.8. The van der Waals surface area contributed by atoms with Crippen molar-refractivity contribution < 1.29 is 24.0 Å². The largest absolute Gasteiger partial charge is 0.488 e. The molecule has 0 radical (unpaired) electrons. The van der Waals surface area contributed by atoms with Gasteiger partial charge in [-0.3, -0.25) is 19.7 Å². The number of hydrazone groups is 1. The zero-order valence-corrected chi connectivity index (χ0v) is 16.6. The maximum absolute atomic E-state index is 12.0. The standard InChI is InChI=1S/C18H16BrN3O6/c1-11(23)28-15-8-5-13(17(22(25)26)18(15)27-2)10-20-21-16(24)9-12-3-6-14(19)7-4-12/h3-8,10H,9H2,1-2H3,(H,21,24)/b20-10-. The van der Waals surface area contributed by atoms with Gasteiger partial charge >= 0.3 is 11.7 Å². The summed E-state index contributed by atoms with van der Waals surface area (Å²) in [5.74, 6) is -1.33. The molecular weight excluding hydrogens is 434 g/mol. The van der Waals surface area contributed by atoms with Gasteiger partial charge in [-0.1, -0.05) is 28.1 Å². The van der Waals surface area contributed by atoms with E-state index in [2.05, 4.69) is 26.5 Å². The molecule has 0 aliphatic heterocycles. The van der Waals surface area contributed by atoms with Crippen molar-refractivity contribution in [3.63, 3.8) is 0 Å². The molecule has 28 heavy (non-hydrogen) atoms. The lowest BCUT2D eigenvalue weighted by molar-refractivity contribution is -0.385. The van der Waals surface area contributed by atoms with Gasteiger partial charge in [0.2, 0.25) is 11.7 Å². The molecule has 0 aliphatic rings. The normalized spacial score (nSPS) is 10.5. The fourth-order valence-corrected chi connectivity index (χ4v) is 2.56. The number of amides is 1. The number of nitrogens with one attached hydrogen (secondary N) is 1. The number of esters is 1. The second kappa shape index (κ2) is 9.60. The van der Waals surface area contributed by atoms with Gasteiger partial charge in [0.1, 0.15) is 0 Å². The summed E-state index contributed by atoms with van der Waals surface area (Å²) in [6.45, 7) is 1.17. The molecule has 0 atom stereocenters. The van der Waals surface area contributed by atoms with Crippen LogP contribution in [-0.4, -0.2) is 30.1 Å². The van der Waals surface area contributed by atoms with Crippen LogP contribution in [0.4, 0.5) is 5.69 Å². The van der Waals surface area contributed by atoms with Crippen LogP contribution in [0.3, 0.4) is 0 Å². The van der Waals surface area contributed by atoms with E-state index in [1.54, 1.807) is 12.1 Å². The minimum Gasteiger partial charge on any atom is -0.488 e. The van der Waals surface area contributed by atoms with Crippen LogP contribution in [0.25, 0.3) is 0 Å². The van der Waals surface area contributed by atoms with Crippen molar-refractivity contribution in [1.29, 1.82) is 0 Å². The number of halogens is 1. The Morgan fingerprint density at radius 3 is 2.50 bits per heavy atom. The van der Waals surface area contributed by atoms with E-state index in [1.807, 2.05) is 12.1 Å². The maximum atomic E-state index is 12.0. The number of ether oxygens (including phenoxy) is 2. The fourth-order valence-electron chi connectivity index (χ4n) is 2.29. The number of nitrogens with zero attached hydrogens (tertiary/aromatic N) is 2. The smallest absolute Gasteiger partial charge is 0.323 e. The van der Waals surface area contributed by atoms with E-state index in [4.69, 9.17) is 9.47 Å². The molecule has 2 aromatic rings. The number of nitro benzene ring substituents is 1. The highest BCUT2D eigenvalue weighted by Gasteiger charge is 2.25. The van der Waals surface area contributed by atoms with E-state index in [0.29, 0.717) is 0 Å². The van der Waals surface area contributed by atoms with Crippen molar-refractivity contribution in [2.24, 2.45) is 5.10 Å². The molecule has 2 rings (SSSR count). The van der Waals surface area contributed by atoms with Crippen molar-refractivity contribution in [3.05, 3.63) is 62.1 Å². The summed E-state index contributed by atoms with van der Waals surface area (Å²) in [4.78, 5) is 33.8. The Bertz CT molecular complexity index is 928. The third kappa shape index (κ3) is 5.61. The second-order valence-electron chi connectivity index (χ2n) is 5.48. The lowest BCUT2D eigenvalue weighted by Gasteiger charge is -2.09. The number of hydrogen-bond acceptors (Lipinski definition) is 7. The molecule has 0 aromatic heterocycles. The molecule has 2 aromatic carbocycles. The first-order valence-corrected chi connectivity index (χ1v) is 8.71. The minimum atomic E-state index is -0.684. The zero-order chi connectivity index (χ0) is 20.7. The molecule has 1 amide bonds. The van der Waals surface area contributed by atoms with E-state index in [0.717, 1.165) is 16.3 Å². The molecule has 146 valence electrons. The lowest BCUT2D eigenvalue weighted by atomic mass is 10.1. The first kappa shape index (κ1) is 21.0. The van der Waals surface area contributed by atoms with E-state index in [9.17, 15) is 19.7 Å². The minimum absolute atomic E-state index is 0.0710. The van der Waals surface area contributed by atoms with Gasteiger partial charge in [0.05, 0.1) is 30.2 Å². The predicted molar refractivity (Wildman–Crippen MR) is 105 cm³/mol. The van der Waals surface area contributed by atoms with Crippen molar-refractivity contribution in [2.75, 3.05) is 7.11 Å². The molecule has 0 saturated carbocycles. The first-order chi connectivity index (χ1) is 13.3. The van der Waals surface area contributed by atoms with Gasteiger partial charge < -0.3 is 9.47 Å². The molecule has 0 heterocycles. The predicted octanol–water partition coefficient (Wildman–Crippen LogP) is 2.98. The van der Waals surface area contributed by atoms with Crippen molar-refractivity contribution in [2.45, 2.75) is 13.3 Å². The van der Waals surface area contributed by atoms with Gasteiger partial charge in [-0.25, -0.2) is 5.43 Å². The Hall–Kier alpha value is -3.27. The van der Waals surface area contributed by atoms with Crippen molar-refractivity contribution in [3.8, 4) is 11.5 Å². The third-order valence-corrected chi connectivity index (χ3v) is 3.97. The summed E-state index contributed by atoms with van der Waals surface area (Å²) in [5.41, 5.74) is 2.73. The molecule has 0 unspecified atom stereocenters. The zero-order valence-electron chi connectivity index (χ0n) is 15.0. The highest BCUT2D eigenvalue weighted by atomic mass is 79.9. The van der Waals surface area contributed by atoms with E-state index < -0.39 is 16.6 Å². The number of carbonyl (C=O) groups is 2. The number of hydrogen-bond donors (Lipinski definition) is 1. The van der Waals surface area contributed by atoms with Crippen LogP contribution in [0.1, 0.15) is 18.1 Å².